The molecular weight excluding hydrogens is 223 g/mol. The Morgan fingerprint density at radius 1 is 1.59 bits per heavy atom. The van der Waals surface area contributed by atoms with E-state index in [1.807, 2.05) is 0 Å². The molecule has 0 aromatic heterocycles. The van der Waals surface area contributed by atoms with Gasteiger partial charge in [-0.1, -0.05) is 6.07 Å². The van der Waals surface area contributed by atoms with Crippen LogP contribution in [-0.2, 0) is 9.53 Å². The van der Waals surface area contributed by atoms with Gasteiger partial charge >= 0.3 is 0 Å². The van der Waals surface area contributed by atoms with Gasteiger partial charge in [-0.3, -0.25) is 4.79 Å². The third-order valence-electron chi connectivity index (χ3n) is 2.83. The van der Waals surface area contributed by atoms with Gasteiger partial charge in [-0.05, 0) is 24.6 Å². The van der Waals surface area contributed by atoms with Crippen LogP contribution in [0.2, 0.25) is 0 Å². The fourth-order valence-corrected chi connectivity index (χ4v) is 1.88. The molecule has 2 rings (SSSR count). The van der Waals surface area contributed by atoms with E-state index in [0.29, 0.717) is 18.7 Å². The highest BCUT2D eigenvalue weighted by atomic mass is 19.1. The Labute approximate surface area is 99.2 Å². The molecule has 1 fully saturated rings. The van der Waals surface area contributed by atoms with Crippen molar-refractivity contribution in [3.63, 3.8) is 0 Å². The fourth-order valence-electron chi connectivity index (χ4n) is 1.88. The Kier molecular flexibility index (Phi) is 3.71. The van der Waals surface area contributed by atoms with Crippen LogP contribution in [0.5, 0.6) is 0 Å². The van der Waals surface area contributed by atoms with E-state index < -0.39 is 0 Å². The molecule has 1 heterocycles. The second kappa shape index (κ2) is 5.25. The Morgan fingerprint density at radius 3 is 3.06 bits per heavy atom. The Bertz CT molecular complexity index is 411. The van der Waals surface area contributed by atoms with Gasteiger partial charge in [0.25, 0.3) is 0 Å². The minimum Gasteiger partial charge on any atom is -0.380 e. The highest BCUT2D eigenvalue weighted by molar-refractivity contribution is 5.95. The van der Waals surface area contributed by atoms with Crippen LogP contribution in [0.15, 0.2) is 24.3 Å². The average Bonchev–Trinajstić information content (AvgIpc) is 2.77. The van der Waals surface area contributed by atoms with Crippen LogP contribution >= 0.6 is 0 Å². The third-order valence-corrected chi connectivity index (χ3v) is 2.83. The summed E-state index contributed by atoms with van der Waals surface area (Å²) in [4.78, 5) is 11.8. The number of amides is 1. The standard InChI is InChI=1S/C12H15FN2O2/c1-17-10-6-11(14-7-10)12(16)15-9-4-2-3-8(13)5-9/h2-5,10-11,14H,6-7H2,1H3,(H,15,16). The first-order chi connectivity index (χ1) is 8.19. The largest absolute Gasteiger partial charge is 0.380 e. The maximum atomic E-state index is 12.9. The van der Waals surface area contributed by atoms with Crippen LogP contribution in [-0.4, -0.2) is 31.7 Å². The number of carbonyl (C=O) groups is 1. The molecule has 0 aliphatic carbocycles. The van der Waals surface area contributed by atoms with Gasteiger partial charge in [0, 0.05) is 19.3 Å². The lowest BCUT2D eigenvalue weighted by atomic mass is 10.2. The van der Waals surface area contributed by atoms with Crippen LogP contribution < -0.4 is 10.6 Å². The molecule has 0 bridgehead atoms. The quantitative estimate of drug-likeness (QED) is 0.830. The van der Waals surface area contributed by atoms with Gasteiger partial charge in [0.15, 0.2) is 0 Å². The van der Waals surface area contributed by atoms with Crippen LogP contribution in [0.3, 0.4) is 0 Å². The SMILES string of the molecule is COC1CNC(C(=O)Nc2cccc(F)c2)C1. The summed E-state index contributed by atoms with van der Waals surface area (Å²) in [5.74, 6) is -0.521. The van der Waals surface area contributed by atoms with Gasteiger partial charge in [0.1, 0.15) is 5.82 Å². The summed E-state index contributed by atoms with van der Waals surface area (Å²) in [7, 11) is 1.62. The van der Waals surface area contributed by atoms with Crippen molar-refractivity contribution >= 4 is 11.6 Å². The summed E-state index contributed by atoms with van der Waals surface area (Å²) in [5.41, 5.74) is 0.470. The summed E-state index contributed by atoms with van der Waals surface area (Å²) in [6, 6.07) is 5.57. The molecule has 1 aromatic carbocycles. The topological polar surface area (TPSA) is 50.4 Å². The molecule has 1 aliphatic rings. The summed E-state index contributed by atoms with van der Waals surface area (Å²) >= 11 is 0. The summed E-state index contributed by atoms with van der Waals surface area (Å²) < 4.78 is 18.1. The van der Waals surface area contributed by atoms with Gasteiger partial charge in [0.2, 0.25) is 5.91 Å². The predicted molar refractivity (Wildman–Crippen MR) is 62.2 cm³/mol. The molecule has 1 saturated heterocycles. The summed E-state index contributed by atoms with van der Waals surface area (Å²) in [6.45, 7) is 0.664. The normalized spacial score (nSPS) is 23.6. The van der Waals surface area contributed by atoms with E-state index in [1.54, 1.807) is 19.2 Å². The zero-order chi connectivity index (χ0) is 12.3. The van der Waals surface area contributed by atoms with Crippen molar-refractivity contribution < 1.29 is 13.9 Å². The number of anilines is 1. The molecule has 0 saturated carbocycles. The molecule has 2 atom stereocenters. The highest BCUT2D eigenvalue weighted by Crippen LogP contribution is 2.13. The number of hydrogen-bond donors (Lipinski definition) is 2. The zero-order valence-corrected chi connectivity index (χ0v) is 9.57. The number of hydrogen-bond acceptors (Lipinski definition) is 3. The van der Waals surface area contributed by atoms with Crippen molar-refractivity contribution in [1.82, 2.24) is 5.32 Å². The molecule has 2 N–H and O–H groups in total. The second-order valence-corrected chi connectivity index (χ2v) is 4.05. The molecule has 4 nitrogen and oxygen atoms in total. The maximum Gasteiger partial charge on any atom is 0.241 e. The molecule has 1 amide bonds. The highest BCUT2D eigenvalue weighted by Gasteiger charge is 2.29. The molecule has 17 heavy (non-hydrogen) atoms. The Morgan fingerprint density at radius 2 is 2.41 bits per heavy atom. The van der Waals surface area contributed by atoms with E-state index in [4.69, 9.17) is 4.74 Å². The number of benzene rings is 1. The first-order valence-corrected chi connectivity index (χ1v) is 5.51. The van der Waals surface area contributed by atoms with E-state index in [0.717, 1.165) is 0 Å². The maximum absolute atomic E-state index is 12.9. The van der Waals surface area contributed by atoms with Crippen molar-refractivity contribution in [2.45, 2.75) is 18.6 Å². The van der Waals surface area contributed by atoms with Crippen LogP contribution in [0, 0.1) is 5.82 Å². The first-order valence-electron chi connectivity index (χ1n) is 5.51. The van der Waals surface area contributed by atoms with Crippen molar-refractivity contribution in [1.29, 1.82) is 0 Å². The lowest BCUT2D eigenvalue weighted by molar-refractivity contribution is -0.118. The molecule has 0 spiro atoms. The number of halogens is 1. The minimum atomic E-state index is -0.364. The van der Waals surface area contributed by atoms with Crippen molar-refractivity contribution in [2.75, 3.05) is 19.0 Å². The van der Waals surface area contributed by atoms with Crippen LogP contribution in [0.25, 0.3) is 0 Å². The van der Waals surface area contributed by atoms with E-state index in [2.05, 4.69) is 10.6 Å². The third kappa shape index (κ3) is 3.01. The van der Waals surface area contributed by atoms with E-state index in [9.17, 15) is 9.18 Å². The molecule has 0 radical (unpaired) electrons. The van der Waals surface area contributed by atoms with Crippen LogP contribution in [0.4, 0.5) is 10.1 Å². The first kappa shape index (κ1) is 12.0. The number of carbonyl (C=O) groups excluding carboxylic acids is 1. The number of methoxy groups -OCH3 is 1. The van der Waals surface area contributed by atoms with E-state index >= 15 is 0 Å². The minimum absolute atomic E-state index is 0.0678. The summed E-state index contributed by atoms with van der Waals surface area (Å²) in [5, 5.41) is 5.73. The van der Waals surface area contributed by atoms with Crippen molar-refractivity contribution in [3.8, 4) is 0 Å². The lowest BCUT2D eigenvalue weighted by Gasteiger charge is -2.11. The average molecular weight is 238 g/mol. The summed E-state index contributed by atoms with van der Waals surface area (Å²) in [6.07, 6.45) is 0.704. The van der Waals surface area contributed by atoms with Gasteiger partial charge in [-0.2, -0.15) is 0 Å². The van der Waals surface area contributed by atoms with Gasteiger partial charge in [-0.15, -0.1) is 0 Å². The van der Waals surface area contributed by atoms with Gasteiger partial charge < -0.3 is 15.4 Å². The smallest absolute Gasteiger partial charge is 0.241 e. The monoisotopic (exact) mass is 238 g/mol. The fraction of sp³-hybridized carbons (Fsp3) is 0.417. The van der Waals surface area contributed by atoms with E-state index in [-0.39, 0.29) is 23.9 Å². The van der Waals surface area contributed by atoms with Crippen LogP contribution in [0.1, 0.15) is 6.42 Å². The molecule has 2 unspecified atom stereocenters. The number of rotatable bonds is 3. The van der Waals surface area contributed by atoms with Crippen molar-refractivity contribution in [3.05, 3.63) is 30.1 Å². The predicted octanol–water partition coefficient (Wildman–Crippen LogP) is 1.14. The Hall–Kier alpha value is -1.46. The molecule has 1 aliphatic heterocycles. The number of ether oxygens (including phenoxy) is 1. The number of nitrogens with one attached hydrogen (secondary N) is 2. The second-order valence-electron chi connectivity index (χ2n) is 4.05. The van der Waals surface area contributed by atoms with E-state index in [1.165, 1.54) is 12.1 Å². The Balaban J connectivity index is 1.93. The van der Waals surface area contributed by atoms with Crippen molar-refractivity contribution in [2.24, 2.45) is 0 Å². The molecule has 92 valence electrons. The van der Waals surface area contributed by atoms with Gasteiger partial charge in [-0.25, -0.2) is 4.39 Å². The molecular formula is C12H15FN2O2. The zero-order valence-electron chi connectivity index (χ0n) is 9.57. The lowest BCUT2D eigenvalue weighted by Crippen LogP contribution is -2.35. The molecule has 5 heteroatoms. The molecule has 1 aromatic rings. The van der Waals surface area contributed by atoms with Gasteiger partial charge in [0.05, 0.1) is 12.1 Å².